The summed E-state index contributed by atoms with van der Waals surface area (Å²) in [5.41, 5.74) is 0. The molecule has 1 aromatic heterocycles. The molecule has 0 saturated heterocycles. The third-order valence-corrected chi connectivity index (χ3v) is 2.11. The van der Waals surface area contributed by atoms with Crippen molar-refractivity contribution in [2.75, 3.05) is 0 Å². The third-order valence-electron chi connectivity index (χ3n) is 2.11. The topological polar surface area (TPSA) is 27.1 Å². The van der Waals surface area contributed by atoms with E-state index in [-0.39, 0.29) is 6.10 Å². The number of benzene rings is 1. The maximum atomic E-state index is 5.74. The fourth-order valence-corrected chi connectivity index (χ4v) is 1.46. The number of ether oxygens (including phenoxy) is 1. The highest BCUT2D eigenvalue weighted by molar-refractivity contribution is 5.21. The molecule has 0 aliphatic heterocycles. The number of para-hydroxylation sites is 1. The van der Waals surface area contributed by atoms with Crippen molar-refractivity contribution in [1.29, 1.82) is 0 Å². The van der Waals surface area contributed by atoms with E-state index in [9.17, 15) is 0 Å². The van der Waals surface area contributed by atoms with Crippen LogP contribution in [0.25, 0.3) is 0 Å². The molecule has 0 saturated carbocycles. The Labute approximate surface area is 89.3 Å². The number of nitrogens with zero attached hydrogens (tertiary/aromatic N) is 2. The van der Waals surface area contributed by atoms with Gasteiger partial charge in [-0.05, 0) is 19.1 Å². The molecule has 1 atom stereocenters. The Morgan fingerprint density at radius 3 is 2.80 bits per heavy atom. The average molecular weight is 202 g/mol. The zero-order valence-corrected chi connectivity index (χ0v) is 8.71. The molecule has 3 heteroatoms. The van der Waals surface area contributed by atoms with Gasteiger partial charge in [0.2, 0.25) is 0 Å². The first kappa shape index (κ1) is 9.77. The molecule has 78 valence electrons. The summed E-state index contributed by atoms with van der Waals surface area (Å²) in [5.74, 6) is 0.908. The van der Waals surface area contributed by atoms with Crippen molar-refractivity contribution < 1.29 is 4.74 Å². The molecule has 0 spiro atoms. The number of imidazole rings is 1. The van der Waals surface area contributed by atoms with Crippen molar-refractivity contribution in [1.82, 2.24) is 9.55 Å². The minimum absolute atomic E-state index is 0.140. The molecule has 3 nitrogen and oxygen atoms in total. The zero-order valence-electron chi connectivity index (χ0n) is 8.71. The van der Waals surface area contributed by atoms with Gasteiger partial charge in [0.05, 0.1) is 12.9 Å². The lowest BCUT2D eigenvalue weighted by molar-refractivity contribution is 0.199. The van der Waals surface area contributed by atoms with Gasteiger partial charge in [-0.1, -0.05) is 18.2 Å². The van der Waals surface area contributed by atoms with Crippen LogP contribution in [0.15, 0.2) is 49.1 Å². The predicted octanol–water partition coefficient (Wildman–Crippen LogP) is 2.35. The van der Waals surface area contributed by atoms with Gasteiger partial charge in [-0.15, -0.1) is 0 Å². The maximum absolute atomic E-state index is 5.74. The Balaban J connectivity index is 1.90. The molecule has 0 fully saturated rings. The Morgan fingerprint density at radius 2 is 2.13 bits per heavy atom. The van der Waals surface area contributed by atoms with Gasteiger partial charge in [-0.25, -0.2) is 4.98 Å². The molecule has 1 unspecified atom stereocenters. The van der Waals surface area contributed by atoms with E-state index < -0.39 is 0 Å². The van der Waals surface area contributed by atoms with E-state index in [1.807, 2.05) is 48.0 Å². The molecule has 0 aliphatic rings. The van der Waals surface area contributed by atoms with Gasteiger partial charge in [-0.2, -0.15) is 0 Å². The number of rotatable bonds is 4. The van der Waals surface area contributed by atoms with Crippen LogP contribution in [0.1, 0.15) is 6.92 Å². The largest absolute Gasteiger partial charge is 0.489 e. The molecule has 0 aliphatic carbocycles. The fourth-order valence-electron chi connectivity index (χ4n) is 1.46. The molecule has 15 heavy (non-hydrogen) atoms. The molecule has 0 amide bonds. The molecule has 0 radical (unpaired) electrons. The first-order valence-electron chi connectivity index (χ1n) is 5.02. The van der Waals surface area contributed by atoms with Gasteiger partial charge in [-0.3, -0.25) is 0 Å². The van der Waals surface area contributed by atoms with Crippen LogP contribution in [0.4, 0.5) is 0 Å². The highest BCUT2D eigenvalue weighted by atomic mass is 16.5. The Kier molecular flexibility index (Phi) is 3.02. The normalized spacial score (nSPS) is 12.3. The van der Waals surface area contributed by atoms with Gasteiger partial charge < -0.3 is 9.30 Å². The smallest absolute Gasteiger partial charge is 0.119 e. The van der Waals surface area contributed by atoms with Crippen molar-refractivity contribution in [2.45, 2.75) is 19.6 Å². The van der Waals surface area contributed by atoms with Crippen LogP contribution in [-0.4, -0.2) is 15.7 Å². The minimum Gasteiger partial charge on any atom is -0.489 e. The number of aromatic nitrogens is 2. The summed E-state index contributed by atoms with van der Waals surface area (Å²) in [4.78, 5) is 3.99. The third kappa shape index (κ3) is 2.84. The fraction of sp³-hybridized carbons (Fsp3) is 0.250. The summed E-state index contributed by atoms with van der Waals surface area (Å²) in [6, 6.07) is 9.85. The summed E-state index contributed by atoms with van der Waals surface area (Å²) in [7, 11) is 0. The first-order chi connectivity index (χ1) is 7.34. The van der Waals surface area contributed by atoms with Crippen LogP contribution in [0.5, 0.6) is 5.75 Å². The van der Waals surface area contributed by atoms with E-state index in [0.717, 1.165) is 12.3 Å². The SMILES string of the molecule is CC(Cn1ccnc1)Oc1ccccc1. The summed E-state index contributed by atoms with van der Waals surface area (Å²) >= 11 is 0. The Bertz CT molecular complexity index is 383. The Hall–Kier alpha value is -1.77. The molecule has 2 rings (SSSR count). The van der Waals surface area contributed by atoms with Crippen LogP contribution in [0, 0.1) is 0 Å². The van der Waals surface area contributed by atoms with Crippen molar-refractivity contribution in [3.8, 4) is 5.75 Å². The summed E-state index contributed by atoms with van der Waals surface area (Å²) in [6.07, 6.45) is 5.65. The molecule has 1 heterocycles. The number of hydrogen-bond acceptors (Lipinski definition) is 2. The van der Waals surface area contributed by atoms with Crippen molar-refractivity contribution in [3.05, 3.63) is 49.1 Å². The summed E-state index contributed by atoms with van der Waals surface area (Å²) in [5, 5.41) is 0. The van der Waals surface area contributed by atoms with Gasteiger partial charge in [0.25, 0.3) is 0 Å². The molecule has 2 aromatic rings. The van der Waals surface area contributed by atoms with Crippen LogP contribution >= 0.6 is 0 Å². The standard InChI is InChI=1S/C12H14N2O/c1-11(9-14-8-7-13-10-14)15-12-5-3-2-4-6-12/h2-8,10-11H,9H2,1H3. The van der Waals surface area contributed by atoms with Crippen LogP contribution < -0.4 is 4.74 Å². The monoisotopic (exact) mass is 202 g/mol. The summed E-state index contributed by atoms with van der Waals surface area (Å²) < 4.78 is 7.75. The second-order valence-corrected chi connectivity index (χ2v) is 3.50. The second kappa shape index (κ2) is 4.64. The van der Waals surface area contributed by atoms with E-state index >= 15 is 0 Å². The first-order valence-corrected chi connectivity index (χ1v) is 5.02. The lowest BCUT2D eigenvalue weighted by Crippen LogP contribution is -2.18. The lowest BCUT2D eigenvalue weighted by atomic mass is 10.3. The van der Waals surface area contributed by atoms with E-state index in [0.29, 0.717) is 0 Å². The van der Waals surface area contributed by atoms with Crippen molar-refractivity contribution in [3.63, 3.8) is 0 Å². The van der Waals surface area contributed by atoms with E-state index in [4.69, 9.17) is 4.74 Å². The average Bonchev–Trinajstić information content (AvgIpc) is 2.71. The van der Waals surface area contributed by atoms with Crippen LogP contribution in [-0.2, 0) is 6.54 Å². The van der Waals surface area contributed by atoms with Gasteiger partial charge in [0, 0.05) is 12.4 Å². The van der Waals surface area contributed by atoms with E-state index in [2.05, 4.69) is 4.98 Å². The highest BCUT2D eigenvalue weighted by Crippen LogP contribution is 2.11. The predicted molar refractivity (Wildman–Crippen MR) is 58.8 cm³/mol. The summed E-state index contributed by atoms with van der Waals surface area (Å²) in [6.45, 7) is 2.86. The molecular weight excluding hydrogens is 188 g/mol. The zero-order chi connectivity index (χ0) is 10.5. The lowest BCUT2D eigenvalue weighted by Gasteiger charge is -2.14. The van der Waals surface area contributed by atoms with Gasteiger partial charge in [0.1, 0.15) is 11.9 Å². The van der Waals surface area contributed by atoms with Gasteiger partial charge in [0.15, 0.2) is 0 Å². The maximum Gasteiger partial charge on any atom is 0.119 e. The van der Waals surface area contributed by atoms with Gasteiger partial charge >= 0.3 is 0 Å². The Morgan fingerprint density at radius 1 is 1.33 bits per heavy atom. The van der Waals surface area contributed by atoms with E-state index in [1.165, 1.54) is 0 Å². The van der Waals surface area contributed by atoms with Crippen molar-refractivity contribution in [2.24, 2.45) is 0 Å². The van der Waals surface area contributed by atoms with Crippen LogP contribution in [0.3, 0.4) is 0 Å². The molecule has 1 aromatic carbocycles. The second-order valence-electron chi connectivity index (χ2n) is 3.50. The molecule has 0 bridgehead atoms. The number of hydrogen-bond donors (Lipinski definition) is 0. The minimum atomic E-state index is 0.140. The quantitative estimate of drug-likeness (QED) is 0.761. The van der Waals surface area contributed by atoms with Crippen molar-refractivity contribution >= 4 is 0 Å². The van der Waals surface area contributed by atoms with E-state index in [1.54, 1.807) is 12.5 Å². The molecule has 0 N–H and O–H groups in total. The molecular formula is C12H14N2O. The highest BCUT2D eigenvalue weighted by Gasteiger charge is 2.03. The van der Waals surface area contributed by atoms with Crippen LogP contribution in [0.2, 0.25) is 0 Å².